The number of likely N-dealkylation sites (tertiary alicyclic amines) is 1. The quantitative estimate of drug-likeness (QED) is 0.743. The molecule has 1 aliphatic heterocycles. The van der Waals surface area contributed by atoms with E-state index in [-0.39, 0.29) is 17.2 Å². The highest BCUT2D eigenvalue weighted by atomic mass is 32.1. The second kappa shape index (κ2) is 7.36. The van der Waals surface area contributed by atoms with Gasteiger partial charge in [0.25, 0.3) is 11.5 Å². The Morgan fingerprint density at radius 1 is 1.26 bits per heavy atom. The zero-order chi connectivity index (χ0) is 18.8. The summed E-state index contributed by atoms with van der Waals surface area (Å²) in [6.45, 7) is 3.29. The molecule has 0 atom stereocenters. The fourth-order valence-corrected chi connectivity index (χ4v) is 4.42. The Kier molecular flexibility index (Phi) is 4.76. The molecule has 1 aliphatic rings. The highest BCUT2D eigenvalue weighted by molar-refractivity contribution is 7.15. The van der Waals surface area contributed by atoms with Gasteiger partial charge in [-0.2, -0.15) is 5.10 Å². The van der Waals surface area contributed by atoms with Crippen LogP contribution in [0.1, 0.15) is 39.9 Å². The monoisotopic (exact) mass is 382 g/mol. The highest BCUT2D eigenvalue weighted by Crippen LogP contribution is 2.36. The summed E-state index contributed by atoms with van der Waals surface area (Å²) in [6, 6.07) is 4.67. The minimum atomic E-state index is -0.316. The number of nitrogens with one attached hydrogen (secondary N) is 1. The molecule has 0 bridgehead atoms. The summed E-state index contributed by atoms with van der Waals surface area (Å²) in [5, 5.41) is 7.23. The fourth-order valence-electron chi connectivity index (χ4n) is 3.21. The number of aryl methyl sites for hydroxylation is 1. The lowest BCUT2D eigenvalue weighted by Gasteiger charge is -2.30. The van der Waals surface area contributed by atoms with Crippen LogP contribution in [0, 0.1) is 6.92 Å². The molecule has 3 aromatic heterocycles. The van der Waals surface area contributed by atoms with Gasteiger partial charge in [0.1, 0.15) is 12.0 Å². The van der Waals surface area contributed by atoms with Gasteiger partial charge >= 0.3 is 0 Å². The van der Waals surface area contributed by atoms with Gasteiger partial charge in [-0.1, -0.05) is 0 Å². The van der Waals surface area contributed by atoms with Gasteiger partial charge in [0, 0.05) is 31.3 Å². The lowest BCUT2D eigenvalue weighted by molar-refractivity contribution is 0.0705. The Morgan fingerprint density at radius 3 is 2.74 bits per heavy atom. The van der Waals surface area contributed by atoms with E-state index in [2.05, 4.69) is 20.2 Å². The number of aromatic amines is 1. The molecule has 27 heavy (non-hydrogen) atoms. The SMILES string of the molecule is Cc1nc(C2CCN(C(=O)c3ccc(=O)[nH]n3)CC2)sc1-c1ccncn1. The predicted molar refractivity (Wildman–Crippen MR) is 101 cm³/mol. The summed E-state index contributed by atoms with van der Waals surface area (Å²) in [5.41, 5.74) is 1.82. The van der Waals surface area contributed by atoms with Crippen LogP contribution in [0.15, 0.2) is 35.5 Å². The molecule has 0 radical (unpaired) electrons. The third kappa shape index (κ3) is 3.63. The predicted octanol–water partition coefficient (Wildman–Crippen LogP) is 2.01. The number of rotatable bonds is 3. The van der Waals surface area contributed by atoms with Crippen molar-refractivity contribution in [1.29, 1.82) is 0 Å². The van der Waals surface area contributed by atoms with E-state index in [9.17, 15) is 9.59 Å². The van der Waals surface area contributed by atoms with E-state index in [0.717, 1.165) is 34.1 Å². The highest BCUT2D eigenvalue weighted by Gasteiger charge is 2.27. The van der Waals surface area contributed by atoms with Crippen molar-refractivity contribution in [3.8, 4) is 10.6 Å². The first kappa shape index (κ1) is 17.5. The fraction of sp³-hybridized carbons (Fsp3) is 0.333. The van der Waals surface area contributed by atoms with Crippen LogP contribution < -0.4 is 5.56 Å². The number of aromatic nitrogens is 5. The summed E-state index contributed by atoms with van der Waals surface area (Å²) in [5.74, 6) is 0.179. The number of hydrogen-bond donors (Lipinski definition) is 1. The summed E-state index contributed by atoms with van der Waals surface area (Å²) >= 11 is 1.67. The molecule has 9 heteroatoms. The van der Waals surface area contributed by atoms with E-state index < -0.39 is 0 Å². The Morgan fingerprint density at radius 2 is 2.07 bits per heavy atom. The van der Waals surface area contributed by atoms with E-state index in [0.29, 0.717) is 19.0 Å². The molecule has 0 spiro atoms. The number of thiazole rings is 1. The smallest absolute Gasteiger partial charge is 0.274 e. The lowest BCUT2D eigenvalue weighted by atomic mass is 9.97. The van der Waals surface area contributed by atoms with E-state index >= 15 is 0 Å². The maximum atomic E-state index is 12.5. The molecular weight excluding hydrogens is 364 g/mol. The zero-order valence-corrected chi connectivity index (χ0v) is 15.6. The summed E-state index contributed by atoms with van der Waals surface area (Å²) < 4.78 is 0. The van der Waals surface area contributed by atoms with E-state index in [4.69, 9.17) is 4.98 Å². The van der Waals surface area contributed by atoms with E-state index in [1.165, 1.54) is 12.1 Å². The molecule has 1 fully saturated rings. The van der Waals surface area contributed by atoms with Crippen LogP contribution in [0.2, 0.25) is 0 Å². The van der Waals surface area contributed by atoms with Crippen LogP contribution in [0.5, 0.6) is 0 Å². The first-order valence-corrected chi connectivity index (χ1v) is 9.52. The largest absolute Gasteiger partial charge is 0.337 e. The molecule has 3 aromatic rings. The molecule has 1 amide bonds. The minimum Gasteiger partial charge on any atom is -0.337 e. The Balaban J connectivity index is 1.44. The van der Waals surface area contributed by atoms with Crippen LogP contribution in [-0.4, -0.2) is 49.0 Å². The van der Waals surface area contributed by atoms with Gasteiger partial charge in [-0.15, -0.1) is 11.3 Å². The van der Waals surface area contributed by atoms with Gasteiger partial charge in [-0.05, 0) is 31.9 Å². The molecule has 0 saturated carbocycles. The van der Waals surface area contributed by atoms with Crippen molar-refractivity contribution in [3.63, 3.8) is 0 Å². The number of nitrogens with zero attached hydrogens (tertiary/aromatic N) is 5. The molecule has 0 unspecified atom stereocenters. The van der Waals surface area contributed by atoms with Crippen molar-refractivity contribution in [2.75, 3.05) is 13.1 Å². The number of carbonyl (C=O) groups excluding carboxylic acids is 1. The van der Waals surface area contributed by atoms with Gasteiger partial charge < -0.3 is 4.90 Å². The minimum absolute atomic E-state index is 0.151. The van der Waals surface area contributed by atoms with Crippen molar-refractivity contribution in [2.45, 2.75) is 25.7 Å². The molecule has 0 aromatic carbocycles. The number of hydrogen-bond acceptors (Lipinski definition) is 7. The van der Waals surface area contributed by atoms with Crippen LogP contribution in [0.3, 0.4) is 0 Å². The third-order valence-corrected chi connectivity index (χ3v) is 6.00. The summed E-state index contributed by atoms with van der Waals surface area (Å²) in [6.07, 6.45) is 4.98. The molecule has 1 saturated heterocycles. The number of H-pyrrole nitrogens is 1. The van der Waals surface area contributed by atoms with Gasteiger partial charge in [-0.3, -0.25) is 9.59 Å². The van der Waals surface area contributed by atoms with Crippen molar-refractivity contribution >= 4 is 17.2 Å². The second-order valence-electron chi connectivity index (χ2n) is 6.43. The van der Waals surface area contributed by atoms with Crippen molar-refractivity contribution in [1.82, 2.24) is 30.0 Å². The number of amides is 1. The number of piperidine rings is 1. The Bertz CT molecular complexity index is 988. The van der Waals surface area contributed by atoms with Crippen LogP contribution in [0.25, 0.3) is 10.6 Å². The van der Waals surface area contributed by atoms with Crippen LogP contribution >= 0.6 is 11.3 Å². The van der Waals surface area contributed by atoms with Gasteiger partial charge in [-0.25, -0.2) is 20.1 Å². The Hall–Kier alpha value is -2.94. The van der Waals surface area contributed by atoms with E-state index in [1.807, 2.05) is 13.0 Å². The first-order valence-electron chi connectivity index (χ1n) is 8.70. The summed E-state index contributed by atoms with van der Waals surface area (Å²) in [7, 11) is 0. The van der Waals surface area contributed by atoms with Crippen molar-refractivity contribution in [3.05, 3.63) is 57.5 Å². The molecular formula is C18H18N6O2S. The lowest BCUT2D eigenvalue weighted by Crippen LogP contribution is -2.38. The molecule has 8 nitrogen and oxygen atoms in total. The molecule has 1 N–H and O–H groups in total. The van der Waals surface area contributed by atoms with Gasteiger partial charge in [0.15, 0.2) is 0 Å². The van der Waals surface area contributed by atoms with Crippen LogP contribution in [0.4, 0.5) is 0 Å². The molecule has 138 valence electrons. The topological polar surface area (TPSA) is 105 Å². The molecule has 4 rings (SSSR count). The normalized spacial score (nSPS) is 15.1. The maximum Gasteiger partial charge on any atom is 0.274 e. The molecule has 0 aliphatic carbocycles. The maximum absolute atomic E-state index is 12.5. The molecule has 4 heterocycles. The van der Waals surface area contributed by atoms with E-state index in [1.54, 1.807) is 28.8 Å². The van der Waals surface area contributed by atoms with Crippen molar-refractivity contribution < 1.29 is 4.79 Å². The third-order valence-electron chi connectivity index (χ3n) is 4.66. The summed E-state index contributed by atoms with van der Waals surface area (Å²) in [4.78, 5) is 39.5. The first-order chi connectivity index (χ1) is 13.1. The second-order valence-corrected chi connectivity index (χ2v) is 7.46. The average Bonchev–Trinajstić information content (AvgIpc) is 3.10. The number of carbonyl (C=O) groups is 1. The standard InChI is InChI=1S/C18H18N6O2S/c1-11-16(13-4-7-19-10-20-13)27-17(21-11)12-5-8-24(9-6-12)18(26)14-2-3-15(25)23-22-14/h2-4,7,10,12H,5-6,8-9H2,1H3,(H,23,25). The van der Waals surface area contributed by atoms with Gasteiger partial charge in [0.2, 0.25) is 0 Å². The average molecular weight is 382 g/mol. The zero-order valence-electron chi connectivity index (χ0n) is 14.8. The van der Waals surface area contributed by atoms with Gasteiger partial charge in [0.05, 0.1) is 21.3 Å². The Labute approximate surface area is 159 Å². The van der Waals surface area contributed by atoms with Crippen LogP contribution in [-0.2, 0) is 0 Å². The van der Waals surface area contributed by atoms with Crippen molar-refractivity contribution in [2.24, 2.45) is 0 Å².